The number of likely N-dealkylation sites (tertiary alicyclic amines) is 1. The number of rotatable bonds is 9. The summed E-state index contributed by atoms with van der Waals surface area (Å²) in [6.45, 7) is 7.57. The summed E-state index contributed by atoms with van der Waals surface area (Å²) in [7, 11) is 0. The Balaban J connectivity index is 1.35. The van der Waals surface area contributed by atoms with Gasteiger partial charge in [0.25, 0.3) is 0 Å². The summed E-state index contributed by atoms with van der Waals surface area (Å²) in [5, 5.41) is 5.47. The molecule has 0 spiro atoms. The highest BCUT2D eigenvalue weighted by Gasteiger charge is 2.24. The van der Waals surface area contributed by atoms with Gasteiger partial charge in [0, 0.05) is 50.1 Å². The van der Waals surface area contributed by atoms with Gasteiger partial charge in [0.05, 0.1) is 18.8 Å². The van der Waals surface area contributed by atoms with Crippen LogP contribution in [0.5, 0.6) is 0 Å². The molecule has 2 aliphatic rings. The fraction of sp³-hybridized carbons (Fsp3) is 0.789. The Morgan fingerprint density at radius 2 is 2.33 bits per heavy atom. The normalized spacial score (nSPS) is 21.7. The second kappa shape index (κ2) is 11.9. The molecule has 2 saturated heterocycles. The highest BCUT2D eigenvalue weighted by molar-refractivity contribution is 8.00. The Morgan fingerprint density at radius 3 is 3.04 bits per heavy atom. The van der Waals surface area contributed by atoms with E-state index in [0.717, 1.165) is 81.1 Å². The Bertz CT molecular complexity index is 542. The van der Waals surface area contributed by atoms with Gasteiger partial charge >= 0.3 is 0 Å². The standard InChI is InChI=1S/C19H32N4O2S2/c1-2-20-18(21-8-4-13-26-19-22-9-14-27-19)23-10-6-16(7-11-23)25-15-17-5-3-12-24-17/h9,14,16-17H,2-8,10-13,15H2,1H3,(H,20,21). The molecule has 27 heavy (non-hydrogen) atoms. The molecule has 3 rings (SSSR count). The molecule has 0 aliphatic carbocycles. The minimum absolute atomic E-state index is 0.323. The monoisotopic (exact) mass is 412 g/mol. The van der Waals surface area contributed by atoms with Gasteiger partial charge in [-0.05, 0) is 39.0 Å². The summed E-state index contributed by atoms with van der Waals surface area (Å²) in [5.41, 5.74) is 0. The van der Waals surface area contributed by atoms with E-state index in [1.165, 1.54) is 6.42 Å². The number of nitrogens with one attached hydrogen (secondary N) is 1. The SMILES string of the molecule is CCNC(=NCCCSc1nccs1)N1CCC(OCC2CCCO2)CC1. The van der Waals surface area contributed by atoms with E-state index in [1.54, 1.807) is 11.3 Å². The van der Waals surface area contributed by atoms with E-state index in [-0.39, 0.29) is 0 Å². The van der Waals surface area contributed by atoms with E-state index >= 15 is 0 Å². The van der Waals surface area contributed by atoms with Crippen molar-refractivity contribution < 1.29 is 9.47 Å². The van der Waals surface area contributed by atoms with E-state index in [2.05, 4.69) is 22.1 Å². The van der Waals surface area contributed by atoms with Crippen LogP contribution in [0.1, 0.15) is 39.0 Å². The molecule has 1 N–H and O–H groups in total. The molecule has 2 aliphatic heterocycles. The zero-order valence-corrected chi connectivity index (χ0v) is 17.9. The van der Waals surface area contributed by atoms with Crippen molar-refractivity contribution in [3.05, 3.63) is 11.6 Å². The molecule has 0 saturated carbocycles. The third-order valence-corrected chi connectivity index (χ3v) is 6.87. The topological polar surface area (TPSA) is 59.0 Å². The molecule has 1 unspecified atom stereocenters. The number of hydrogen-bond acceptors (Lipinski definition) is 6. The molecule has 152 valence electrons. The molecule has 1 aromatic heterocycles. The van der Waals surface area contributed by atoms with Gasteiger partial charge in [-0.15, -0.1) is 11.3 Å². The van der Waals surface area contributed by atoms with Crippen LogP contribution < -0.4 is 5.32 Å². The second-order valence-corrected chi connectivity index (χ2v) is 9.13. The summed E-state index contributed by atoms with van der Waals surface area (Å²) >= 11 is 3.53. The van der Waals surface area contributed by atoms with Crippen molar-refractivity contribution in [1.29, 1.82) is 0 Å². The molecular weight excluding hydrogens is 380 g/mol. The highest BCUT2D eigenvalue weighted by atomic mass is 32.2. The van der Waals surface area contributed by atoms with Crippen molar-refractivity contribution >= 4 is 29.1 Å². The maximum atomic E-state index is 6.08. The number of thiazole rings is 1. The van der Waals surface area contributed by atoms with Gasteiger partial charge < -0.3 is 19.7 Å². The first kappa shape index (κ1) is 20.9. The van der Waals surface area contributed by atoms with Crippen LogP contribution in [0, 0.1) is 0 Å². The number of hydrogen-bond donors (Lipinski definition) is 1. The van der Waals surface area contributed by atoms with E-state index in [0.29, 0.717) is 12.2 Å². The van der Waals surface area contributed by atoms with Crippen molar-refractivity contribution in [3.8, 4) is 0 Å². The number of piperidine rings is 1. The fourth-order valence-electron chi connectivity index (χ4n) is 3.37. The predicted octanol–water partition coefficient (Wildman–Crippen LogP) is 3.25. The first-order valence-corrected chi connectivity index (χ1v) is 12.0. The van der Waals surface area contributed by atoms with Gasteiger partial charge in [-0.25, -0.2) is 4.98 Å². The summed E-state index contributed by atoms with van der Waals surface area (Å²) in [5.74, 6) is 2.12. The minimum Gasteiger partial charge on any atom is -0.376 e. The van der Waals surface area contributed by atoms with Crippen molar-refractivity contribution in [2.75, 3.05) is 45.1 Å². The quantitative estimate of drug-likeness (QED) is 0.291. The number of aromatic nitrogens is 1. The second-order valence-electron chi connectivity index (χ2n) is 6.89. The van der Waals surface area contributed by atoms with Gasteiger partial charge in [0.1, 0.15) is 4.34 Å². The van der Waals surface area contributed by atoms with Crippen molar-refractivity contribution in [2.24, 2.45) is 4.99 Å². The summed E-state index contributed by atoms with van der Waals surface area (Å²) in [6, 6.07) is 0. The first-order valence-electron chi connectivity index (χ1n) is 10.1. The van der Waals surface area contributed by atoms with Crippen molar-refractivity contribution in [1.82, 2.24) is 15.2 Å². The van der Waals surface area contributed by atoms with E-state index in [1.807, 2.05) is 23.3 Å². The molecule has 1 atom stereocenters. The third kappa shape index (κ3) is 7.25. The van der Waals surface area contributed by atoms with Gasteiger partial charge in [-0.2, -0.15) is 0 Å². The van der Waals surface area contributed by atoms with Gasteiger partial charge in [-0.1, -0.05) is 11.8 Å². The number of thioether (sulfide) groups is 1. The van der Waals surface area contributed by atoms with Crippen LogP contribution >= 0.6 is 23.1 Å². The molecule has 3 heterocycles. The minimum atomic E-state index is 0.323. The average molecular weight is 413 g/mol. The molecular formula is C19H32N4O2S2. The van der Waals surface area contributed by atoms with Gasteiger partial charge in [0.2, 0.25) is 0 Å². The van der Waals surface area contributed by atoms with Crippen LogP contribution in [0.4, 0.5) is 0 Å². The average Bonchev–Trinajstić information content (AvgIpc) is 3.40. The van der Waals surface area contributed by atoms with Crippen molar-refractivity contribution in [2.45, 2.75) is 55.6 Å². The maximum Gasteiger partial charge on any atom is 0.193 e. The summed E-state index contributed by atoms with van der Waals surface area (Å²) in [6.07, 6.45) is 8.08. The Hall–Kier alpha value is -0.830. The largest absolute Gasteiger partial charge is 0.376 e. The zero-order chi connectivity index (χ0) is 18.7. The number of nitrogens with zero attached hydrogens (tertiary/aromatic N) is 3. The molecule has 0 aromatic carbocycles. The fourth-order valence-corrected chi connectivity index (χ4v) is 5.00. The third-order valence-electron chi connectivity index (χ3n) is 4.82. The number of ether oxygens (including phenoxy) is 2. The van der Waals surface area contributed by atoms with E-state index in [9.17, 15) is 0 Å². The number of aliphatic imine (C=N–C) groups is 1. The van der Waals surface area contributed by atoms with Crippen LogP contribution in [0.2, 0.25) is 0 Å². The lowest BCUT2D eigenvalue weighted by atomic mass is 10.1. The molecule has 0 amide bonds. The van der Waals surface area contributed by atoms with E-state index < -0.39 is 0 Å². The van der Waals surface area contributed by atoms with Crippen LogP contribution in [0.3, 0.4) is 0 Å². The van der Waals surface area contributed by atoms with Crippen LogP contribution in [0.15, 0.2) is 20.9 Å². The smallest absolute Gasteiger partial charge is 0.193 e. The zero-order valence-electron chi connectivity index (χ0n) is 16.3. The first-order chi connectivity index (χ1) is 13.3. The van der Waals surface area contributed by atoms with Crippen LogP contribution in [-0.4, -0.2) is 73.2 Å². The molecule has 8 heteroatoms. The predicted molar refractivity (Wildman–Crippen MR) is 113 cm³/mol. The molecule has 2 fully saturated rings. The van der Waals surface area contributed by atoms with Gasteiger partial charge in [0.15, 0.2) is 5.96 Å². The summed E-state index contributed by atoms with van der Waals surface area (Å²) in [4.78, 5) is 11.5. The molecule has 1 aromatic rings. The maximum absolute atomic E-state index is 6.08. The Labute approximate surface area is 171 Å². The lowest BCUT2D eigenvalue weighted by Crippen LogP contribution is -2.47. The van der Waals surface area contributed by atoms with Crippen LogP contribution in [-0.2, 0) is 9.47 Å². The lowest BCUT2D eigenvalue weighted by Gasteiger charge is -2.34. The van der Waals surface area contributed by atoms with Crippen LogP contribution in [0.25, 0.3) is 0 Å². The Kier molecular flexibility index (Phi) is 9.20. The molecule has 6 nitrogen and oxygen atoms in total. The molecule has 0 bridgehead atoms. The lowest BCUT2D eigenvalue weighted by molar-refractivity contribution is -0.0367. The summed E-state index contributed by atoms with van der Waals surface area (Å²) < 4.78 is 12.9. The Morgan fingerprint density at radius 1 is 1.44 bits per heavy atom. The molecule has 0 radical (unpaired) electrons. The van der Waals surface area contributed by atoms with E-state index in [4.69, 9.17) is 14.5 Å². The van der Waals surface area contributed by atoms with Crippen molar-refractivity contribution in [3.63, 3.8) is 0 Å². The number of guanidine groups is 1. The van der Waals surface area contributed by atoms with Gasteiger partial charge in [-0.3, -0.25) is 4.99 Å². The highest BCUT2D eigenvalue weighted by Crippen LogP contribution is 2.21.